The summed E-state index contributed by atoms with van der Waals surface area (Å²) in [4.78, 5) is 10.5. The van der Waals surface area contributed by atoms with E-state index in [9.17, 15) is 0 Å². The van der Waals surface area contributed by atoms with Crippen molar-refractivity contribution in [3.05, 3.63) is 70.8 Å². The van der Waals surface area contributed by atoms with Gasteiger partial charge in [0.15, 0.2) is 0 Å². The van der Waals surface area contributed by atoms with E-state index in [1.165, 1.54) is 164 Å². The van der Waals surface area contributed by atoms with Gasteiger partial charge < -0.3 is 0 Å². The second kappa shape index (κ2) is 28.2. The lowest BCUT2D eigenvalue weighted by atomic mass is 9.97. The second-order valence-corrected chi connectivity index (χ2v) is 14.6. The molecule has 0 radical (unpaired) electrons. The van der Waals surface area contributed by atoms with Crippen molar-refractivity contribution in [1.29, 1.82) is 0 Å². The summed E-state index contributed by atoms with van der Waals surface area (Å²) in [5, 5.41) is 0. The number of aryl methyl sites for hydroxylation is 4. The Morgan fingerprint density at radius 2 is 0.837 bits per heavy atom. The van der Waals surface area contributed by atoms with Gasteiger partial charge in [0.2, 0.25) is 0 Å². The molecule has 0 bridgehead atoms. The number of hydrogen-bond acceptors (Lipinski definition) is 2. The topological polar surface area (TPSA) is 24.7 Å². The van der Waals surface area contributed by atoms with Gasteiger partial charge in [-0.05, 0) is 124 Å². The zero-order valence-electron chi connectivity index (χ0n) is 33.2. The molecule has 0 N–H and O–H groups in total. The number of hydrogen-bond donors (Lipinski definition) is 0. The fraction of sp³-hybridized carbons (Fsp3) is 0.660. The van der Waals surface area contributed by atoms with Crippen LogP contribution in [0.5, 0.6) is 0 Å². The monoisotopic (exact) mass is 669 g/mol. The average Bonchev–Trinajstić information content (AvgIpc) is 3.11. The molecule has 49 heavy (non-hydrogen) atoms. The van der Waals surface area contributed by atoms with Crippen LogP contribution in [0, 0.1) is 0 Å². The van der Waals surface area contributed by atoms with Crippen LogP contribution < -0.4 is 0 Å². The minimum absolute atomic E-state index is 0.992. The predicted octanol–water partition coefficient (Wildman–Crippen LogP) is 15.6. The van der Waals surface area contributed by atoms with Gasteiger partial charge in [0.25, 0.3) is 0 Å². The Morgan fingerprint density at radius 3 is 1.29 bits per heavy atom. The first kappa shape index (κ1) is 42.7. The van der Waals surface area contributed by atoms with E-state index in [0.29, 0.717) is 0 Å². The number of aliphatic imine (C=N–C) groups is 2. The first-order valence-corrected chi connectivity index (χ1v) is 21.1. The van der Waals surface area contributed by atoms with E-state index in [1.54, 1.807) is 0 Å². The van der Waals surface area contributed by atoms with Crippen LogP contribution >= 0.6 is 0 Å². The lowest BCUT2D eigenvalue weighted by molar-refractivity contribution is 0.545. The van der Waals surface area contributed by atoms with Crippen molar-refractivity contribution in [1.82, 2.24) is 0 Å². The zero-order valence-corrected chi connectivity index (χ0v) is 33.2. The molecule has 2 aromatic carbocycles. The van der Waals surface area contributed by atoms with E-state index in [1.807, 2.05) is 0 Å². The number of unbranched alkanes of at least 4 members (excludes halogenated alkanes) is 16. The lowest BCUT2D eigenvalue weighted by Crippen LogP contribution is -2.07. The summed E-state index contributed by atoms with van der Waals surface area (Å²) in [7, 11) is 0. The number of nitrogens with zero attached hydrogens (tertiary/aromatic N) is 2. The van der Waals surface area contributed by atoms with Gasteiger partial charge in [-0.2, -0.15) is 0 Å². The maximum absolute atomic E-state index is 5.27. The highest BCUT2D eigenvalue weighted by molar-refractivity contribution is 6.46. The van der Waals surface area contributed by atoms with Crippen LogP contribution in [0.3, 0.4) is 0 Å². The molecule has 0 aliphatic carbocycles. The molecule has 2 heteroatoms. The van der Waals surface area contributed by atoms with E-state index >= 15 is 0 Å². The summed E-state index contributed by atoms with van der Waals surface area (Å²) in [6.07, 6.45) is 36.8. The fourth-order valence-electron chi connectivity index (χ4n) is 6.71. The molecule has 0 aliphatic heterocycles. The molecule has 0 aromatic heterocycles. The maximum atomic E-state index is 5.27. The summed E-state index contributed by atoms with van der Waals surface area (Å²) in [5.74, 6) is 0. The van der Waals surface area contributed by atoms with Crippen molar-refractivity contribution in [2.24, 2.45) is 9.98 Å². The molecule has 0 fully saturated rings. The van der Waals surface area contributed by atoms with E-state index in [2.05, 4.69) is 90.1 Å². The Bertz CT molecular complexity index is 1220. The first-order chi connectivity index (χ1) is 24.1. The molecule has 2 aromatic rings. The molecule has 0 saturated carbocycles. The predicted molar refractivity (Wildman–Crippen MR) is 222 cm³/mol. The summed E-state index contributed by atoms with van der Waals surface area (Å²) in [6, 6.07) is 13.8. The van der Waals surface area contributed by atoms with Crippen LogP contribution in [-0.2, 0) is 25.7 Å². The minimum Gasteiger partial charge on any atom is -0.252 e. The van der Waals surface area contributed by atoms with E-state index in [0.717, 1.165) is 42.1 Å². The van der Waals surface area contributed by atoms with Gasteiger partial charge in [-0.3, -0.25) is 4.99 Å². The molecule has 0 aliphatic rings. The van der Waals surface area contributed by atoms with E-state index < -0.39 is 0 Å². The molecule has 0 saturated heterocycles. The number of rotatable bonds is 29. The second-order valence-electron chi connectivity index (χ2n) is 14.6. The minimum atomic E-state index is 0.992. The van der Waals surface area contributed by atoms with Gasteiger partial charge in [-0.1, -0.05) is 149 Å². The van der Waals surface area contributed by atoms with Crippen molar-refractivity contribution >= 4 is 22.8 Å². The van der Waals surface area contributed by atoms with Crippen molar-refractivity contribution in [2.75, 3.05) is 0 Å². The Labute approximate surface area is 304 Å². The summed E-state index contributed by atoms with van der Waals surface area (Å²) >= 11 is 0. The normalized spacial score (nSPS) is 12.4. The Balaban J connectivity index is 2.18. The third-order valence-corrected chi connectivity index (χ3v) is 10.00. The van der Waals surface area contributed by atoms with Crippen LogP contribution in [0.15, 0.2) is 58.5 Å². The van der Waals surface area contributed by atoms with Gasteiger partial charge in [0, 0.05) is 0 Å². The number of benzene rings is 2. The molecule has 2 nitrogen and oxygen atoms in total. The summed E-state index contributed by atoms with van der Waals surface area (Å²) < 4.78 is 0. The fourth-order valence-corrected chi connectivity index (χ4v) is 6.71. The molecule has 0 unspecified atom stereocenters. The van der Waals surface area contributed by atoms with Crippen molar-refractivity contribution in [3.8, 4) is 0 Å². The largest absolute Gasteiger partial charge is 0.252 e. The highest BCUT2D eigenvalue weighted by Gasteiger charge is 2.09. The van der Waals surface area contributed by atoms with Crippen molar-refractivity contribution < 1.29 is 0 Å². The SMILES string of the molecule is CCCCCCCCCCCCCCC=CC(=Nc1ccc(CCCC)c(CCCC)c1)C(C)=Nc1ccc(CCCC)c(CCCC)c1. The molecule has 0 atom stereocenters. The smallest absolute Gasteiger partial charge is 0.0845 e. The van der Waals surface area contributed by atoms with Crippen molar-refractivity contribution in [2.45, 2.75) is 202 Å². The third-order valence-electron chi connectivity index (χ3n) is 10.00. The van der Waals surface area contributed by atoms with Crippen LogP contribution in [0.2, 0.25) is 0 Å². The van der Waals surface area contributed by atoms with Crippen LogP contribution in [0.25, 0.3) is 0 Å². The Kier molecular flexibility index (Phi) is 24.6. The van der Waals surface area contributed by atoms with Gasteiger partial charge in [0.1, 0.15) is 0 Å². The van der Waals surface area contributed by atoms with Gasteiger partial charge in [-0.25, -0.2) is 4.99 Å². The maximum Gasteiger partial charge on any atom is 0.0845 e. The average molecular weight is 669 g/mol. The highest BCUT2D eigenvalue weighted by Crippen LogP contribution is 2.25. The molecular formula is C47H76N2. The summed E-state index contributed by atoms with van der Waals surface area (Å²) in [5.41, 5.74) is 10.1. The highest BCUT2D eigenvalue weighted by atomic mass is 14.8. The van der Waals surface area contributed by atoms with Crippen LogP contribution in [0.4, 0.5) is 11.4 Å². The third kappa shape index (κ3) is 18.9. The Hall–Kier alpha value is -2.48. The van der Waals surface area contributed by atoms with E-state index in [-0.39, 0.29) is 0 Å². The van der Waals surface area contributed by atoms with Gasteiger partial charge in [-0.15, -0.1) is 0 Å². The Morgan fingerprint density at radius 1 is 0.449 bits per heavy atom. The molecule has 0 heterocycles. The van der Waals surface area contributed by atoms with Gasteiger partial charge >= 0.3 is 0 Å². The standard InChI is InChI=1S/C47H76N2/c1-7-12-17-18-19-20-21-22-23-24-25-26-27-28-33-47(49-46-37-35-42(30-14-9-3)44(39-46)32-16-11-5)40(6)48-45-36-34-41(29-13-8-2)43(38-45)31-15-10-4/h28,33-39H,7-27,29-32H2,1-6H3. The molecule has 2 rings (SSSR count). The lowest BCUT2D eigenvalue weighted by Gasteiger charge is -2.12. The summed E-state index contributed by atoms with van der Waals surface area (Å²) in [6.45, 7) is 13.6. The van der Waals surface area contributed by atoms with Crippen molar-refractivity contribution in [3.63, 3.8) is 0 Å². The molecule has 0 spiro atoms. The number of allylic oxidation sites excluding steroid dienone is 2. The van der Waals surface area contributed by atoms with Crippen LogP contribution in [-0.4, -0.2) is 11.4 Å². The molecule has 0 amide bonds. The van der Waals surface area contributed by atoms with E-state index in [4.69, 9.17) is 9.98 Å². The molecule has 274 valence electrons. The van der Waals surface area contributed by atoms with Crippen LogP contribution in [0.1, 0.15) is 199 Å². The first-order valence-electron chi connectivity index (χ1n) is 21.1. The zero-order chi connectivity index (χ0) is 35.4. The quantitative estimate of drug-likeness (QED) is 0.0609. The molecular weight excluding hydrogens is 593 g/mol. The van der Waals surface area contributed by atoms with Gasteiger partial charge in [0.05, 0.1) is 22.8 Å².